The number of thiophene rings is 1. The predicted octanol–water partition coefficient (Wildman–Crippen LogP) is 4.48. The van der Waals surface area contributed by atoms with Crippen molar-refractivity contribution in [1.82, 2.24) is 10.6 Å². The summed E-state index contributed by atoms with van der Waals surface area (Å²) in [6.07, 6.45) is 0. The zero-order valence-corrected chi connectivity index (χ0v) is 20.1. The van der Waals surface area contributed by atoms with Gasteiger partial charge in [-0.1, -0.05) is 48.5 Å². The molecular formula is C26H29N3O3S. The molecule has 0 spiro atoms. The number of anilines is 1. The molecule has 1 atom stereocenters. The minimum atomic E-state index is -0.904. The van der Waals surface area contributed by atoms with Crippen LogP contribution in [0.15, 0.2) is 72.1 Å². The van der Waals surface area contributed by atoms with E-state index in [9.17, 15) is 14.4 Å². The molecule has 0 saturated heterocycles. The van der Waals surface area contributed by atoms with Crippen molar-refractivity contribution < 1.29 is 14.4 Å². The number of aryl methyl sites for hydroxylation is 1. The molecular weight excluding hydrogens is 434 g/mol. The van der Waals surface area contributed by atoms with Crippen LogP contribution in [-0.2, 0) is 9.59 Å². The van der Waals surface area contributed by atoms with Crippen LogP contribution in [0.3, 0.4) is 0 Å². The molecule has 6 nitrogen and oxygen atoms in total. The maximum Gasteiger partial charge on any atom is 0.261 e. The normalized spacial score (nSPS) is 12.0. The molecule has 0 saturated carbocycles. The number of carbonyl (C=O) groups is 3. The van der Waals surface area contributed by atoms with Gasteiger partial charge in [0.25, 0.3) is 5.91 Å². The summed E-state index contributed by atoms with van der Waals surface area (Å²) in [6, 6.07) is 19.2. The van der Waals surface area contributed by atoms with Crippen LogP contribution in [0.4, 0.5) is 5.69 Å². The zero-order valence-electron chi connectivity index (χ0n) is 19.3. The lowest BCUT2D eigenvalue weighted by atomic mass is 10.0. The molecule has 33 heavy (non-hydrogen) atoms. The highest BCUT2D eigenvalue weighted by atomic mass is 32.1. The minimum Gasteiger partial charge on any atom is -0.349 e. The molecule has 0 radical (unpaired) electrons. The summed E-state index contributed by atoms with van der Waals surface area (Å²) in [6.45, 7) is 7.38. The van der Waals surface area contributed by atoms with Gasteiger partial charge in [-0.05, 0) is 62.4 Å². The van der Waals surface area contributed by atoms with Crippen molar-refractivity contribution in [3.8, 4) is 0 Å². The van der Waals surface area contributed by atoms with E-state index in [1.165, 1.54) is 16.2 Å². The van der Waals surface area contributed by atoms with E-state index in [1.807, 2.05) is 76.2 Å². The first-order valence-corrected chi connectivity index (χ1v) is 11.6. The second-order valence-corrected chi connectivity index (χ2v) is 9.76. The van der Waals surface area contributed by atoms with Crippen LogP contribution in [0, 0.1) is 6.92 Å². The van der Waals surface area contributed by atoms with E-state index < -0.39 is 11.6 Å². The molecule has 0 fully saturated rings. The Morgan fingerprint density at radius 1 is 0.970 bits per heavy atom. The molecule has 0 bridgehead atoms. The molecule has 172 valence electrons. The Morgan fingerprint density at radius 3 is 2.30 bits per heavy atom. The molecule has 2 aromatic carbocycles. The van der Waals surface area contributed by atoms with Crippen molar-refractivity contribution in [2.24, 2.45) is 0 Å². The number of rotatable bonds is 7. The SMILES string of the molecule is Cc1cccc(N(C(=O)CNC(=O)c2cccs2)[C@@H](C(=O)NC(C)(C)C)c2ccccc2)c1. The number of amides is 3. The molecule has 1 aromatic heterocycles. The largest absolute Gasteiger partial charge is 0.349 e. The zero-order chi connectivity index (χ0) is 24.0. The predicted molar refractivity (Wildman–Crippen MR) is 132 cm³/mol. The van der Waals surface area contributed by atoms with Gasteiger partial charge < -0.3 is 10.6 Å². The van der Waals surface area contributed by atoms with Crippen LogP contribution >= 0.6 is 11.3 Å². The lowest BCUT2D eigenvalue weighted by Crippen LogP contribution is -2.51. The summed E-state index contributed by atoms with van der Waals surface area (Å²) in [7, 11) is 0. The van der Waals surface area contributed by atoms with Crippen molar-refractivity contribution in [3.63, 3.8) is 0 Å². The first-order chi connectivity index (χ1) is 15.7. The molecule has 0 unspecified atom stereocenters. The highest BCUT2D eigenvalue weighted by molar-refractivity contribution is 7.12. The molecule has 1 heterocycles. The fraction of sp³-hybridized carbons (Fsp3) is 0.269. The third-order valence-corrected chi connectivity index (χ3v) is 5.68. The Labute approximate surface area is 198 Å². The topological polar surface area (TPSA) is 78.5 Å². The van der Waals surface area contributed by atoms with Crippen LogP contribution < -0.4 is 15.5 Å². The third kappa shape index (κ3) is 6.52. The standard InChI is InChI=1S/C26H29N3O3S/c1-18-10-8-13-20(16-18)29(22(30)17-27-24(31)21-14-9-15-33-21)23(19-11-6-5-7-12-19)25(32)28-26(2,3)4/h5-16,23H,17H2,1-4H3,(H,27,31)(H,28,32)/t23-/m1/s1. The van der Waals surface area contributed by atoms with Crippen molar-refractivity contribution in [2.45, 2.75) is 39.3 Å². The molecule has 3 rings (SSSR count). The molecule has 0 aliphatic carbocycles. The molecule has 0 aliphatic rings. The summed E-state index contributed by atoms with van der Waals surface area (Å²) in [4.78, 5) is 41.5. The smallest absolute Gasteiger partial charge is 0.261 e. The van der Waals surface area contributed by atoms with E-state index in [0.717, 1.165) is 5.56 Å². The maximum atomic E-state index is 13.5. The second-order valence-electron chi connectivity index (χ2n) is 8.82. The summed E-state index contributed by atoms with van der Waals surface area (Å²) < 4.78 is 0. The van der Waals surface area contributed by atoms with Gasteiger partial charge in [-0.2, -0.15) is 0 Å². The number of hydrogen-bond acceptors (Lipinski definition) is 4. The number of nitrogens with one attached hydrogen (secondary N) is 2. The van der Waals surface area contributed by atoms with Gasteiger partial charge in [0, 0.05) is 11.2 Å². The molecule has 7 heteroatoms. The summed E-state index contributed by atoms with van der Waals surface area (Å²) in [5.41, 5.74) is 1.73. The second kappa shape index (κ2) is 10.4. The van der Waals surface area contributed by atoms with Gasteiger partial charge >= 0.3 is 0 Å². The molecule has 3 aromatic rings. The molecule has 2 N–H and O–H groups in total. The fourth-order valence-corrected chi connectivity index (χ4v) is 4.08. The number of nitrogens with zero attached hydrogens (tertiary/aromatic N) is 1. The average Bonchev–Trinajstić information content (AvgIpc) is 3.30. The van der Waals surface area contributed by atoms with Crippen LogP contribution in [0.5, 0.6) is 0 Å². The number of hydrogen-bond donors (Lipinski definition) is 2. The maximum absolute atomic E-state index is 13.5. The lowest BCUT2D eigenvalue weighted by Gasteiger charge is -2.34. The van der Waals surface area contributed by atoms with E-state index in [0.29, 0.717) is 16.1 Å². The minimum absolute atomic E-state index is 0.239. The van der Waals surface area contributed by atoms with Crippen molar-refractivity contribution >= 4 is 34.7 Å². The number of benzene rings is 2. The fourth-order valence-electron chi connectivity index (χ4n) is 3.44. The molecule has 0 aliphatic heterocycles. The van der Waals surface area contributed by atoms with Crippen molar-refractivity contribution in [1.29, 1.82) is 0 Å². The first-order valence-electron chi connectivity index (χ1n) is 10.7. The van der Waals surface area contributed by atoms with Crippen LogP contribution in [0.25, 0.3) is 0 Å². The van der Waals surface area contributed by atoms with E-state index in [-0.39, 0.29) is 24.3 Å². The van der Waals surface area contributed by atoms with Gasteiger partial charge in [0.15, 0.2) is 0 Å². The Morgan fingerprint density at radius 2 is 1.70 bits per heavy atom. The Hall–Kier alpha value is -3.45. The quantitative estimate of drug-likeness (QED) is 0.542. The average molecular weight is 464 g/mol. The van der Waals surface area contributed by atoms with Crippen LogP contribution in [-0.4, -0.2) is 29.8 Å². The van der Waals surface area contributed by atoms with E-state index in [4.69, 9.17) is 0 Å². The molecule has 3 amide bonds. The summed E-state index contributed by atoms with van der Waals surface area (Å²) in [5.74, 6) is -1.01. The van der Waals surface area contributed by atoms with Crippen molar-refractivity contribution in [3.05, 3.63) is 88.1 Å². The van der Waals surface area contributed by atoms with Crippen LogP contribution in [0.2, 0.25) is 0 Å². The van der Waals surface area contributed by atoms with Crippen LogP contribution in [0.1, 0.15) is 47.6 Å². The highest BCUT2D eigenvalue weighted by Crippen LogP contribution is 2.29. The van der Waals surface area contributed by atoms with E-state index in [2.05, 4.69) is 10.6 Å². The van der Waals surface area contributed by atoms with E-state index >= 15 is 0 Å². The summed E-state index contributed by atoms with van der Waals surface area (Å²) >= 11 is 1.30. The first kappa shape index (κ1) is 24.2. The highest BCUT2D eigenvalue weighted by Gasteiger charge is 2.34. The van der Waals surface area contributed by atoms with Gasteiger partial charge in [0.2, 0.25) is 11.8 Å². The Bertz CT molecular complexity index is 1110. The van der Waals surface area contributed by atoms with Gasteiger partial charge in [-0.25, -0.2) is 0 Å². The van der Waals surface area contributed by atoms with Gasteiger partial charge in [0.1, 0.15) is 6.04 Å². The van der Waals surface area contributed by atoms with Gasteiger partial charge in [-0.3, -0.25) is 19.3 Å². The Kier molecular flexibility index (Phi) is 7.66. The Balaban J connectivity index is 2.00. The number of carbonyl (C=O) groups excluding carboxylic acids is 3. The third-order valence-electron chi connectivity index (χ3n) is 4.81. The monoisotopic (exact) mass is 463 g/mol. The van der Waals surface area contributed by atoms with Gasteiger partial charge in [0.05, 0.1) is 11.4 Å². The van der Waals surface area contributed by atoms with E-state index in [1.54, 1.807) is 23.6 Å². The lowest BCUT2D eigenvalue weighted by molar-refractivity contribution is -0.127. The van der Waals surface area contributed by atoms with Gasteiger partial charge in [-0.15, -0.1) is 11.3 Å². The van der Waals surface area contributed by atoms with Crippen molar-refractivity contribution in [2.75, 3.05) is 11.4 Å². The summed E-state index contributed by atoms with van der Waals surface area (Å²) in [5, 5.41) is 7.50.